The van der Waals surface area contributed by atoms with Gasteiger partial charge in [-0.15, -0.1) is 0 Å². The van der Waals surface area contributed by atoms with E-state index in [4.69, 9.17) is 0 Å². The van der Waals surface area contributed by atoms with E-state index in [0.29, 0.717) is 10.3 Å². The fraction of sp³-hybridized carbons (Fsp3) is 0.700. The third-order valence-electron chi connectivity index (χ3n) is 5.85. The van der Waals surface area contributed by atoms with E-state index in [9.17, 15) is 8.42 Å². The summed E-state index contributed by atoms with van der Waals surface area (Å²) in [4.78, 5) is 3.04. The Morgan fingerprint density at radius 2 is 1.81 bits per heavy atom. The fourth-order valence-corrected chi connectivity index (χ4v) is 5.00. The smallest absolute Gasteiger partial charge is 0.175 e. The Labute approximate surface area is 158 Å². The highest BCUT2D eigenvalue weighted by atomic mass is 32.2. The molecule has 2 heterocycles. The predicted octanol–water partition coefficient (Wildman–Crippen LogP) is 1.69. The summed E-state index contributed by atoms with van der Waals surface area (Å²) < 4.78 is 23.2. The summed E-state index contributed by atoms with van der Waals surface area (Å²) in [5.41, 5.74) is 1.63. The van der Waals surface area contributed by atoms with Crippen LogP contribution >= 0.6 is 0 Å². The number of hydrogen-bond donors (Lipinski definition) is 2. The molecule has 2 aliphatic rings. The number of benzene rings is 1. The third kappa shape index (κ3) is 5.52. The number of sulfone groups is 1. The van der Waals surface area contributed by atoms with Gasteiger partial charge in [0.1, 0.15) is 0 Å². The lowest BCUT2D eigenvalue weighted by molar-refractivity contribution is 0.0964. The molecule has 2 aliphatic heterocycles. The lowest BCUT2D eigenvalue weighted by Gasteiger charge is -2.43. The highest BCUT2D eigenvalue weighted by Crippen LogP contribution is 2.33. The summed E-state index contributed by atoms with van der Waals surface area (Å²) in [5.74, 6) is 0. The Balaban J connectivity index is 1.55. The molecule has 26 heavy (non-hydrogen) atoms. The van der Waals surface area contributed by atoms with E-state index < -0.39 is 9.84 Å². The number of piperidine rings is 1. The second-order valence-electron chi connectivity index (χ2n) is 8.08. The highest BCUT2D eigenvalue weighted by Gasteiger charge is 2.33. The minimum atomic E-state index is -3.10. The number of piperazine rings is 1. The monoisotopic (exact) mass is 379 g/mol. The average Bonchev–Trinajstić information content (AvgIpc) is 2.63. The Morgan fingerprint density at radius 1 is 1.08 bits per heavy atom. The van der Waals surface area contributed by atoms with Gasteiger partial charge in [0.25, 0.3) is 0 Å². The van der Waals surface area contributed by atoms with Crippen LogP contribution in [0.15, 0.2) is 29.2 Å². The van der Waals surface area contributed by atoms with Gasteiger partial charge in [-0.05, 0) is 61.8 Å². The summed E-state index contributed by atoms with van der Waals surface area (Å²) in [6.45, 7) is 8.02. The van der Waals surface area contributed by atoms with Crippen LogP contribution in [0.5, 0.6) is 0 Å². The van der Waals surface area contributed by atoms with Crippen LogP contribution in [-0.2, 0) is 16.3 Å². The van der Waals surface area contributed by atoms with Crippen molar-refractivity contribution in [3.8, 4) is 0 Å². The Kier molecular flexibility index (Phi) is 6.72. The second-order valence-corrected chi connectivity index (χ2v) is 10.1. The van der Waals surface area contributed by atoms with E-state index in [0.717, 1.165) is 52.1 Å². The molecule has 0 radical (unpaired) electrons. The maximum Gasteiger partial charge on any atom is 0.175 e. The molecule has 3 rings (SSSR count). The summed E-state index contributed by atoms with van der Waals surface area (Å²) in [7, 11) is -3.10. The van der Waals surface area contributed by atoms with E-state index in [-0.39, 0.29) is 0 Å². The van der Waals surface area contributed by atoms with E-state index >= 15 is 0 Å². The third-order valence-corrected chi connectivity index (χ3v) is 6.98. The van der Waals surface area contributed by atoms with Gasteiger partial charge < -0.3 is 15.5 Å². The van der Waals surface area contributed by atoms with Crippen molar-refractivity contribution in [1.29, 1.82) is 0 Å². The second kappa shape index (κ2) is 8.83. The zero-order valence-corrected chi connectivity index (χ0v) is 16.8. The Bertz CT molecular complexity index is 661. The van der Waals surface area contributed by atoms with Crippen LogP contribution in [0.25, 0.3) is 0 Å². The van der Waals surface area contributed by atoms with Gasteiger partial charge in [0, 0.05) is 45.5 Å². The van der Waals surface area contributed by atoms with E-state index in [1.54, 1.807) is 12.1 Å². The first kappa shape index (κ1) is 19.8. The summed E-state index contributed by atoms with van der Waals surface area (Å²) in [6.07, 6.45) is 7.27. The number of nitrogens with one attached hydrogen (secondary N) is 2. The summed E-state index contributed by atoms with van der Waals surface area (Å²) >= 11 is 0. The molecule has 0 aliphatic carbocycles. The van der Waals surface area contributed by atoms with Crippen molar-refractivity contribution in [3.63, 3.8) is 0 Å². The fourth-order valence-electron chi connectivity index (χ4n) is 4.37. The zero-order chi connectivity index (χ0) is 18.5. The minimum absolute atomic E-state index is 0.391. The van der Waals surface area contributed by atoms with Crippen LogP contribution in [0.1, 0.15) is 31.2 Å². The minimum Gasteiger partial charge on any atom is -0.316 e. The Morgan fingerprint density at radius 3 is 2.42 bits per heavy atom. The lowest BCUT2D eigenvalue weighted by Crippen LogP contribution is -2.52. The molecule has 146 valence electrons. The molecule has 5 nitrogen and oxygen atoms in total. The molecule has 0 saturated carbocycles. The van der Waals surface area contributed by atoms with Gasteiger partial charge in [0.2, 0.25) is 0 Å². The van der Waals surface area contributed by atoms with Gasteiger partial charge in [0.15, 0.2) is 9.84 Å². The largest absolute Gasteiger partial charge is 0.316 e. The van der Waals surface area contributed by atoms with Gasteiger partial charge in [0.05, 0.1) is 4.90 Å². The number of rotatable bonds is 7. The molecule has 1 aromatic carbocycles. The van der Waals surface area contributed by atoms with Crippen LogP contribution < -0.4 is 10.6 Å². The van der Waals surface area contributed by atoms with Crippen molar-refractivity contribution < 1.29 is 8.42 Å². The van der Waals surface area contributed by atoms with E-state index in [2.05, 4.69) is 15.5 Å². The van der Waals surface area contributed by atoms with Gasteiger partial charge in [-0.1, -0.05) is 12.1 Å². The molecule has 0 spiro atoms. The number of nitrogens with zero attached hydrogens (tertiary/aromatic N) is 1. The molecule has 0 unspecified atom stereocenters. The molecule has 2 fully saturated rings. The first-order chi connectivity index (χ1) is 12.5. The van der Waals surface area contributed by atoms with Crippen LogP contribution in [0.2, 0.25) is 0 Å². The quantitative estimate of drug-likeness (QED) is 0.755. The maximum atomic E-state index is 11.6. The number of hydrogen-bond acceptors (Lipinski definition) is 5. The molecule has 2 N–H and O–H groups in total. The maximum absolute atomic E-state index is 11.6. The lowest BCUT2D eigenvalue weighted by atomic mass is 9.75. The zero-order valence-electron chi connectivity index (χ0n) is 16.0. The van der Waals surface area contributed by atoms with Gasteiger partial charge in [-0.2, -0.15) is 0 Å². The Hall–Kier alpha value is -0.950. The van der Waals surface area contributed by atoms with Crippen molar-refractivity contribution in [2.45, 2.75) is 37.0 Å². The van der Waals surface area contributed by atoms with Gasteiger partial charge in [-0.3, -0.25) is 0 Å². The van der Waals surface area contributed by atoms with Crippen LogP contribution in [0.3, 0.4) is 0 Å². The molecular formula is C20H33N3O2S. The highest BCUT2D eigenvalue weighted by molar-refractivity contribution is 7.90. The SMILES string of the molecule is CS(=O)(=O)c1ccc(CCC[C@@]2(CN3CCNCC3)CCCNC2)cc1. The molecule has 0 amide bonds. The molecule has 2 saturated heterocycles. The normalized spacial score (nSPS) is 25.3. The van der Waals surface area contributed by atoms with Crippen molar-refractivity contribution in [2.24, 2.45) is 5.41 Å². The molecule has 0 bridgehead atoms. The topological polar surface area (TPSA) is 61.4 Å². The van der Waals surface area contributed by atoms with Crippen LogP contribution in [0.4, 0.5) is 0 Å². The first-order valence-corrected chi connectivity index (χ1v) is 11.8. The first-order valence-electron chi connectivity index (χ1n) is 9.90. The average molecular weight is 380 g/mol. The number of aryl methyl sites for hydroxylation is 1. The van der Waals surface area contributed by atoms with Gasteiger partial charge in [-0.25, -0.2) is 8.42 Å². The standard InChI is InChI=1S/C20H33N3O2S/c1-26(24,25)19-7-5-18(6-8-19)4-2-9-20(10-3-11-22-16-20)17-23-14-12-21-13-15-23/h5-8,21-22H,2-4,9-17H2,1H3/t20-/m1/s1. The molecule has 6 heteroatoms. The van der Waals surface area contributed by atoms with Crippen LogP contribution in [0, 0.1) is 5.41 Å². The summed E-state index contributed by atoms with van der Waals surface area (Å²) in [5, 5.41) is 7.07. The molecular weight excluding hydrogens is 346 g/mol. The van der Waals surface area contributed by atoms with E-state index in [1.807, 2.05) is 12.1 Å². The summed E-state index contributed by atoms with van der Waals surface area (Å²) in [6, 6.07) is 7.42. The van der Waals surface area contributed by atoms with Crippen LogP contribution in [-0.4, -0.2) is 65.4 Å². The van der Waals surface area contributed by atoms with Crippen molar-refractivity contribution in [1.82, 2.24) is 15.5 Å². The van der Waals surface area contributed by atoms with E-state index in [1.165, 1.54) is 37.6 Å². The van der Waals surface area contributed by atoms with Gasteiger partial charge >= 0.3 is 0 Å². The molecule has 0 aromatic heterocycles. The van der Waals surface area contributed by atoms with Crippen molar-refractivity contribution in [3.05, 3.63) is 29.8 Å². The molecule has 1 aromatic rings. The van der Waals surface area contributed by atoms with Crippen molar-refractivity contribution >= 4 is 9.84 Å². The van der Waals surface area contributed by atoms with Crippen molar-refractivity contribution in [2.75, 3.05) is 52.1 Å². The predicted molar refractivity (Wildman–Crippen MR) is 106 cm³/mol. The molecule has 1 atom stereocenters.